The zero-order valence-electron chi connectivity index (χ0n) is 13.6. The third-order valence-corrected chi connectivity index (χ3v) is 4.46. The van der Waals surface area contributed by atoms with Gasteiger partial charge in [0.15, 0.2) is 12.0 Å². The number of hydrogen-bond donors (Lipinski definition) is 6. The predicted molar refractivity (Wildman–Crippen MR) is 91.0 cm³/mol. The molecule has 8 N–H and O–H groups in total. The number of imidazole rings is 1. The molecule has 1 aliphatic rings. The highest BCUT2D eigenvalue weighted by atomic mass is 35.5. The van der Waals surface area contributed by atoms with Crippen LogP contribution < -0.4 is 11.5 Å². The molecule has 0 aromatic carbocycles. The number of aromatic nitrogens is 3. The van der Waals surface area contributed by atoms with E-state index in [1.165, 1.54) is 17.0 Å². The van der Waals surface area contributed by atoms with Crippen molar-refractivity contribution in [3.63, 3.8) is 0 Å². The summed E-state index contributed by atoms with van der Waals surface area (Å²) in [6, 6.07) is 1.52. The molecule has 0 radical (unpaired) electrons. The Morgan fingerprint density at radius 3 is 2.73 bits per heavy atom. The lowest BCUT2D eigenvalue weighted by Crippen LogP contribution is -2.33. The molecule has 146 valence electrons. The van der Waals surface area contributed by atoms with E-state index in [4.69, 9.17) is 26.1 Å². The molecule has 2 aromatic rings. The molecule has 2 aromatic heterocycles. The molecular weight excluding hydrogens is 393 g/mol. The summed E-state index contributed by atoms with van der Waals surface area (Å²) in [6.07, 6.45) is -3.57. The summed E-state index contributed by atoms with van der Waals surface area (Å²) in [4.78, 5) is 25.8. The van der Waals surface area contributed by atoms with E-state index in [1.54, 1.807) is 7.05 Å². The van der Waals surface area contributed by atoms with Crippen molar-refractivity contribution in [3.8, 4) is 0 Å². The minimum Gasteiger partial charge on any atom is -0.387 e. The van der Waals surface area contributed by atoms with E-state index in [1.807, 2.05) is 0 Å². The van der Waals surface area contributed by atoms with Gasteiger partial charge in [-0.3, -0.25) is 4.52 Å². The number of fused-ring (bicyclic) bond motifs is 1. The maximum absolute atomic E-state index is 10.8. The van der Waals surface area contributed by atoms with Gasteiger partial charge in [-0.1, -0.05) is 11.6 Å². The molecule has 4 atom stereocenters. The van der Waals surface area contributed by atoms with Crippen molar-refractivity contribution < 1.29 is 33.8 Å². The van der Waals surface area contributed by atoms with E-state index in [0.717, 1.165) is 0 Å². The normalized spacial score (nSPS) is 26.1. The van der Waals surface area contributed by atoms with Gasteiger partial charge in [-0.2, -0.15) is 0 Å². The Kier molecular flexibility index (Phi) is 6.23. The smallest absolute Gasteiger partial charge is 0.387 e. The summed E-state index contributed by atoms with van der Waals surface area (Å²) in [5, 5.41) is 23.3. The molecule has 0 bridgehead atoms. The summed E-state index contributed by atoms with van der Waals surface area (Å²) in [6.45, 7) is -0.588. The first-order valence-electron chi connectivity index (χ1n) is 7.14. The highest BCUT2D eigenvalue weighted by Crippen LogP contribution is 2.39. The Bertz CT molecular complexity index is 830. The minimum absolute atomic E-state index is 0. The number of nitrogens with zero attached hydrogens (tertiary/aromatic N) is 3. The average Bonchev–Trinajstić information content (AvgIpc) is 3.06. The van der Waals surface area contributed by atoms with E-state index in [-0.39, 0.29) is 11.3 Å². The van der Waals surface area contributed by atoms with Gasteiger partial charge in [0.25, 0.3) is 0 Å². The zero-order chi connectivity index (χ0) is 18.4. The second-order valence-corrected chi connectivity index (χ2v) is 7.02. The predicted octanol–water partition coefficient (Wildman–Crippen LogP) is 0.0169. The lowest BCUT2D eigenvalue weighted by atomic mass is 10.1. The molecule has 1 saturated heterocycles. The quantitative estimate of drug-likeness (QED) is 0.286. The van der Waals surface area contributed by atoms with E-state index >= 15 is 0 Å². The second kappa shape index (κ2) is 7.72. The van der Waals surface area contributed by atoms with Crippen LogP contribution in [0.1, 0.15) is 6.23 Å². The third-order valence-electron chi connectivity index (χ3n) is 3.79. The van der Waals surface area contributed by atoms with Gasteiger partial charge in [-0.05, 0) is 0 Å². The average molecular weight is 412 g/mol. The number of nitrogens with one attached hydrogen (secondary N) is 1. The molecule has 0 aliphatic carbocycles. The summed E-state index contributed by atoms with van der Waals surface area (Å²) in [5.41, 5.74) is 0.976. The highest BCUT2D eigenvalue weighted by Gasteiger charge is 2.45. The van der Waals surface area contributed by atoms with Crippen LogP contribution in [0, 0.1) is 0 Å². The molecule has 0 saturated carbocycles. The van der Waals surface area contributed by atoms with Crippen LogP contribution in [0.15, 0.2) is 12.4 Å². The Hall–Kier alpha value is -1.34. The van der Waals surface area contributed by atoms with Crippen molar-refractivity contribution in [2.24, 2.45) is 0 Å². The highest BCUT2D eigenvalue weighted by molar-refractivity contribution is 7.46. The third kappa shape index (κ3) is 3.98. The minimum atomic E-state index is -4.73. The van der Waals surface area contributed by atoms with Crippen LogP contribution in [0.25, 0.3) is 11.0 Å². The van der Waals surface area contributed by atoms with Gasteiger partial charge < -0.3 is 40.8 Å². The standard InChI is InChI=1S/C12H16ClN4O7P.H3N/c1-14-11-8-5(2-7(13)16-11)17(4-15-8)12-10(19)9(18)6(24-12)3-23-25(20,21)22;/h2,4,6,9-10,12,18-19H,3H2,1H3,(H,14,16)(H2,20,21,22);1H3/t6-,9-,10-,12-;/m1./s1. The van der Waals surface area contributed by atoms with E-state index in [9.17, 15) is 14.8 Å². The number of aliphatic hydroxyl groups is 2. The molecule has 3 rings (SSSR count). The SMILES string of the molecule is CNc1nc(Cl)cc2c1ncn2[C@@H]1O[C@H](COP(=O)(O)O)[C@@H](O)[C@H]1O.N. The fourth-order valence-electron chi connectivity index (χ4n) is 2.65. The van der Waals surface area contributed by atoms with Gasteiger partial charge in [-0.25, -0.2) is 14.5 Å². The number of hydrogen-bond acceptors (Lipinski definition) is 9. The van der Waals surface area contributed by atoms with Crippen LogP contribution in [0.4, 0.5) is 5.82 Å². The monoisotopic (exact) mass is 411 g/mol. The van der Waals surface area contributed by atoms with Crippen molar-refractivity contribution in [3.05, 3.63) is 17.5 Å². The molecule has 0 spiro atoms. The van der Waals surface area contributed by atoms with Crippen LogP contribution in [0.3, 0.4) is 0 Å². The number of rotatable bonds is 5. The van der Waals surface area contributed by atoms with E-state index in [2.05, 4.69) is 19.8 Å². The lowest BCUT2D eigenvalue weighted by Gasteiger charge is -2.17. The number of anilines is 1. The lowest BCUT2D eigenvalue weighted by molar-refractivity contribution is -0.0501. The Morgan fingerprint density at radius 2 is 2.12 bits per heavy atom. The molecule has 0 unspecified atom stereocenters. The van der Waals surface area contributed by atoms with Crippen LogP contribution in [0.2, 0.25) is 5.15 Å². The second-order valence-electron chi connectivity index (χ2n) is 5.40. The molecule has 14 heteroatoms. The number of aliphatic hydroxyl groups excluding tert-OH is 2. The fraction of sp³-hybridized carbons (Fsp3) is 0.500. The van der Waals surface area contributed by atoms with Crippen molar-refractivity contribution in [1.29, 1.82) is 0 Å². The van der Waals surface area contributed by atoms with Crippen molar-refractivity contribution >= 4 is 36.3 Å². The van der Waals surface area contributed by atoms with Gasteiger partial charge in [-0.15, -0.1) is 0 Å². The molecule has 1 fully saturated rings. The molecule has 0 amide bonds. The first-order valence-corrected chi connectivity index (χ1v) is 9.04. The largest absolute Gasteiger partial charge is 0.469 e. The van der Waals surface area contributed by atoms with E-state index < -0.39 is 39.0 Å². The molecule has 3 heterocycles. The molecule has 1 aliphatic heterocycles. The van der Waals surface area contributed by atoms with Gasteiger partial charge in [0.05, 0.1) is 18.5 Å². The van der Waals surface area contributed by atoms with Gasteiger partial charge in [0, 0.05) is 13.1 Å². The summed E-state index contributed by atoms with van der Waals surface area (Å²) < 4.78 is 22.1. The first-order chi connectivity index (χ1) is 11.7. The molecule has 12 nitrogen and oxygen atoms in total. The van der Waals surface area contributed by atoms with Gasteiger partial charge >= 0.3 is 7.82 Å². The number of ether oxygens (including phenoxy) is 1. The van der Waals surface area contributed by atoms with Crippen LogP contribution in [-0.2, 0) is 13.8 Å². The van der Waals surface area contributed by atoms with Crippen molar-refractivity contribution in [2.45, 2.75) is 24.5 Å². The maximum Gasteiger partial charge on any atom is 0.469 e. The maximum atomic E-state index is 10.8. The zero-order valence-corrected chi connectivity index (χ0v) is 15.2. The van der Waals surface area contributed by atoms with Gasteiger partial charge in [0.1, 0.15) is 29.0 Å². The Morgan fingerprint density at radius 1 is 1.42 bits per heavy atom. The topological polar surface area (TPSA) is 194 Å². The number of pyridine rings is 1. The Labute approximate surface area is 152 Å². The van der Waals surface area contributed by atoms with Crippen LogP contribution in [0.5, 0.6) is 0 Å². The first kappa shape index (κ1) is 21.0. The summed E-state index contributed by atoms with van der Waals surface area (Å²) >= 11 is 5.98. The summed E-state index contributed by atoms with van der Waals surface area (Å²) in [5.74, 6) is 0.427. The fourth-order valence-corrected chi connectivity index (χ4v) is 3.17. The van der Waals surface area contributed by atoms with E-state index in [0.29, 0.717) is 16.9 Å². The summed E-state index contributed by atoms with van der Waals surface area (Å²) in [7, 11) is -3.08. The number of phosphoric ester groups is 1. The number of phosphoric acid groups is 1. The van der Waals surface area contributed by atoms with Crippen LogP contribution in [-0.4, -0.2) is 66.5 Å². The van der Waals surface area contributed by atoms with Crippen LogP contribution >= 0.6 is 19.4 Å². The molecule has 26 heavy (non-hydrogen) atoms. The number of halogens is 1. The van der Waals surface area contributed by atoms with Crippen molar-refractivity contribution in [2.75, 3.05) is 19.0 Å². The van der Waals surface area contributed by atoms with Crippen molar-refractivity contribution in [1.82, 2.24) is 20.7 Å². The van der Waals surface area contributed by atoms with Gasteiger partial charge in [0.2, 0.25) is 0 Å². The Balaban J connectivity index is 0.00000243. The molecular formula is C12H19ClN5O7P.